The van der Waals surface area contributed by atoms with Crippen molar-refractivity contribution in [3.63, 3.8) is 0 Å². The molecule has 0 aliphatic rings. The normalized spacial score (nSPS) is 11.1. The number of unbranched alkanes of at least 4 members (excludes halogenated alkanes) is 1. The molecular formula is C16H20ClN3O3S. The predicted molar refractivity (Wildman–Crippen MR) is 97.8 cm³/mol. The van der Waals surface area contributed by atoms with Crippen molar-refractivity contribution in [2.75, 3.05) is 22.9 Å². The van der Waals surface area contributed by atoms with Crippen LogP contribution in [-0.4, -0.2) is 26.3 Å². The smallest absolute Gasteiger partial charge is 0.233 e. The summed E-state index contributed by atoms with van der Waals surface area (Å²) in [5, 5.41) is 3.64. The molecule has 0 aliphatic heterocycles. The van der Waals surface area contributed by atoms with Crippen molar-refractivity contribution >= 4 is 38.8 Å². The molecule has 0 fully saturated rings. The van der Waals surface area contributed by atoms with Crippen LogP contribution in [0.3, 0.4) is 0 Å². The summed E-state index contributed by atoms with van der Waals surface area (Å²) in [5.41, 5.74) is 1.49. The van der Waals surface area contributed by atoms with E-state index in [4.69, 9.17) is 16.3 Å². The van der Waals surface area contributed by atoms with E-state index < -0.39 is 10.0 Å². The second-order valence-corrected chi connectivity index (χ2v) is 7.43. The third kappa shape index (κ3) is 5.28. The number of nitrogens with one attached hydrogen (secondary N) is 2. The van der Waals surface area contributed by atoms with Gasteiger partial charge in [0.2, 0.25) is 10.0 Å². The van der Waals surface area contributed by atoms with Gasteiger partial charge in [-0.05, 0) is 36.8 Å². The average Bonchev–Trinajstić information content (AvgIpc) is 2.55. The van der Waals surface area contributed by atoms with Crippen molar-refractivity contribution in [2.24, 2.45) is 0 Å². The molecule has 2 aromatic rings. The summed E-state index contributed by atoms with van der Waals surface area (Å²) in [6.45, 7) is 1.94. The summed E-state index contributed by atoms with van der Waals surface area (Å²) in [5.74, 6) is 0.983. The maximum Gasteiger partial charge on any atom is 0.233 e. The minimum atomic E-state index is -3.35. The third-order valence-electron chi connectivity index (χ3n) is 3.23. The quantitative estimate of drug-likeness (QED) is 0.734. The second kappa shape index (κ2) is 8.21. The average molecular weight is 370 g/mol. The van der Waals surface area contributed by atoms with Crippen LogP contribution in [0, 0.1) is 0 Å². The number of hydrogen-bond acceptors (Lipinski definition) is 5. The summed E-state index contributed by atoms with van der Waals surface area (Å²) >= 11 is 6.08. The fourth-order valence-electron chi connectivity index (χ4n) is 1.98. The van der Waals surface area contributed by atoms with Gasteiger partial charge in [-0.1, -0.05) is 24.9 Å². The van der Waals surface area contributed by atoms with Crippen LogP contribution in [0.4, 0.5) is 17.2 Å². The Kier molecular flexibility index (Phi) is 6.28. The molecule has 0 radical (unpaired) electrons. The topological polar surface area (TPSA) is 80.3 Å². The molecule has 1 aromatic carbocycles. The Hall–Kier alpha value is -1.99. The first-order valence-corrected chi connectivity index (χ1v) is 9.53. The number of anilines is 3. The zero-order valence-corrected chi connectivity index (χ0v) is 15.1. The highest BCUT2D eigenvalue weighted by Crippen LogP contribution is 2.28. The zero-order valence-electron chi connectivity index (χ0n) is 13.5. The SMILES string of the molecule is CCCCS(=O)(=O)Nc1ccc(Nc2ccc(OC)c(Cl)c2)cn1. The van der Waals surface area contributed by atoms with Crippen molar-refractivity contribution in [3.8, 4) is 5.75 Å². The van der Waals surface area contributed by atoms with Gasteiger partial charge in [-0.25, -0.2) is 13.4 Å². The van der Waals surface area contributed by atoms with Crippen molar-refractivity contribution < 1.29 is 13.2 Å². The first kappa shape index (κ1) is 18.4. The third-order valence-corrected chi connectivity index (χ3v) is 4.87. The molecule has 0 atom stereocenters. The van der Waals surface area contributed by atoms with Crippen molar-refractivity contribution in [1.82, 2.24) is 4.98 Å². The van der Waals surface area contributed by atoms with Crippen LogP contribution in [0.5, 0.6) is 5.75 Å². The standard InChI is InChI=1S/C16H20ClN3O3S/c1-3-4-9-24(21,22)20-16-8-6-13(11-18-16)19-12-5-7-15(23-2)14(17)10-12/h5-8,10-11,19H,3-4,9H2,1-2H3,(H,18,20). The number of nitrogens with zero attached hydrogens (tertiary/aromatic N) is 1. The Morgan fingerprint density at radius 2 is 1.96 bits per heavy atom. The molecule has 0 saturated heterocycles. The number of pyridine rings is 1. The fourth-order valence-corrected chi connectivity index (χ4v) is 3.45. The van der Waals surface area contributed by atoms with Crippen LogP contribution in [0.15, 0.2) is 36.5 Å². The summed E-state index contributed by atoms with van der Waals surface area (Å²) in [6.07, 6.45) is 2.99. The lowest BCUT2D eigenvalue weighted by molar-refractivity contribution is 0.415. The number of benzene rings is 1. The second-order valence-electron chi connectivity index (χ2n) is 5.18. The summed E-state index contributed by atoms with van der Waals surface area (Å²) in [7, 11) is -1.79. The Morgan fingerprint density at radius 1 is 1.21 bits per heavy atom. The molecule has 0 bridgehead atoms. The van der Waals surface area contributed by atoms with Crippen LogP contribution >= 0.6 is 11.6 Å². The van der Waals surface area contributed by atoms with E-state index >= 15 is 0 Å². The van der Waals surface area contributed by atoms with E-state index in [1.165, 1.54) is 0 Å². The molecule has 2 N–H and O–H groups in total. The number of hydrogen-bond donors (Lipinski definition) is 2. The van der Waals surface area contributed by atoms with Crippen LogP contribution < -0.4 is 14.8 Å². The molecule has 1 heterocycles. The van der Waals surface area contributed by atoms with Gasteiger partial charge in [-0.15, -0.1) is 0 Å². The van der Waals surface area contributed by atoms with Gasteiger partial charge >= 0.3 is 0 Å². The molecule has 1 aromatic heterocycles. The molecule has 6 nitrogen and oxygen atoms in total. The van der Waals surface area contributed by atoms with Crippen molar-refractivity contribution in [3.05, 3.63) is 41.6 Å². The minimum Gasteiger partial charge on any atom is -0.495 e. The van der Waals surface area contributed by atoms with Crippen LogP contribution in [-0.2, 0) is 10.0 Å². The minimum absolute atomic E-state index is 0.0928. The van der Waals surface area contributed by atoms with E-state index in [0.717, 1.165) is 12.1 Å². The highest BCUT2D eigenvalue weighted by Gasteiger charge is 2.10. The molecular weight excluding hydrogens is 350 g/mol. The predicted octanol–water partition coefficient (Wildman–Crippen LogP) is 4.03. The highest BCUT2D eigenvalue weighted by atomic mass is 35.5. The molecule has 0 saturated carbocycles. The Bertz CT molecular complexity index is 780. The van der Waals surface area contributed by atoms with Gasteiger partial charge in [0.15, 0.2) is 0 Å². The number of methoxy groups -OCH3 is 1. The first-order chi connectivity index (χ1) is 11.4. The zero-order chi connectivity index (χ0) is 17.6. The summed E-state index contributed by atoms with van der Waals surface area (Å²) in [4.78, 5) is 4.11. The summed E-state index contributed by atoms with van der Waals surface area (Å²) < 4.78 is 31.2. The monoisotopic (exact) mass is 369 g/mol. The van der Waals surface area contributed by atoms with Gasteiger partial charge in [0.1, 0.15) is 11.6 Å². The number of ether oxygens (including phenoxy) is 1. The molecule has 130 valence electrons. The first-order valence-electron chi connectivity index (χ1n) is 7.50. The van der Waals surface area contributed by atoms with Gasteiger partial charge in [-0.2, -0.15) is 0 Å². The Morgan fingerprint density at radius 3 is 2.54 bits per heavy atom. The number of halogens is 1. The van der Waals surface area contributed by atoms with E-state index in [1.807, 2.05) is 13.0 Å². The summed E-state index contributed by atoms with van der Waals surface area (Å²) in [6, 6.07) is 8.67. The number of sulfonamides is 1. The van der Waals surface area contributed by atoms with Crippen LogP contribution in [0.2, 0.25) is 5.02 Å². The van der Waals surface area contributed by atoms with E-state index in [9.17, 15) is 8.42 Å². The highest BCUT2D eigenvalue weighted by molar-refractivity contribution is 7.92. The van der Waals surface area contributed by atoms with Crippen molar-refractivity contribution in [2.45, 2.75) is 19.8 Å². The molecule has 0 aliphatic carbocycles. The lowest BCUT2D eigenvalue weighted by atomic mass is 10.3. The maximum atomic E-state index is 11.8. The van der Waals surface area contributed by atoms with Crippen LogP contribution in [0.25, 0.3) is 0 Å². The lowest BCUT2D eigenvalue weighted by Gasteiger charge is -2.10. The van der Waals surface area contributed by atoms with Gasteiger partial charge < -0.3 is 10.1 Å². The molecule has 0 amide bonds. The molecule has 24 heavy (non-hydrogen) atoms. The van der Waals surface area contributed by atoms with Gasteiger partial charge in [0, 0.05) is 5.69 Å². The Balaban J connectivity index is 2.03. The number of aromatic nitrogens is 1. The van der Waals surface area contributed by atoms with Gasteiger partial charge in [0.05, 0.1) is 29.8 Å². The fraction of sp³-hybridized carbons (Fsp3) is 0.312. The van der Waals surface area contributed by atoms with Gasteiger partial charge in [0.25, 0.3) is 0 Å². The molecule has 8 heteroatoms. The van der Waals surface area contributed by atoms with Crippen LogP contribution in [0.1, 0.15) is 19.8 Å². The number of rotatable bonds is 8. The van der Waals surface area contributed by atoms with E-state index in [1.54, 1.807) is 37.6 Å². The maximum absolute atomic E-state index is 11.8. The molecule has 2 rings (SSSR count). The van der Waals surface area contributed by atoms with Gasteiger partial charge in [-0.3, -0.25) is 4.72 Å². The Labute approximate surface area is 147 Å². The van der Waals surface area contributed by atoms with Crippen molar-refractivity contribution in [1.29, 1.82) is 0 Å². The lowest BCUT2D eigenvalue weighted by Crippen LogP contribution is -2.17. The molecule has 0 unspecified atom stereocenters. The largest absolute Gasteiger partial charge is 0.495 e. The van der Waals surface area contributed by atoms with E-state index in [-0.39, 0.29) is 5.75 Å². The van der Waals surface area contributed by atoms with E-state index in [2.05, 4.69) is 15.0 Å². The molecule has 0 spiro atoms. The van der Waals surface area contributed by atoms with E-state index in [0.29, 0.717) is 28.7 Å².